The molecule has 8 nitrogen and oxygen atoms in total. The van der Waals surface area contributed by atoms with Crippen LogP contribution in [0.25, 0.3) is 11.1 Å². The molecule has 0 bridgehead atoms. The first-order valence-corrected chi connectivity index (χ1v) is 12.6. The summed E-state index contributed by atoms with van der Waals surface area (Å²) in [5.41, 5.74) is 4.77. The SMILES string of the molecule is COc1cc([C@@H](C)C(=O)N2CCC3(CCc4cc(-c5cnn(C)c5)c(C5CC5)nc4N3)C2)c(F)cn1. The summed E-state index contributed by atoms with van der Waals surface area (Å²) in [4.78, 5) is 24.3. The molecule has 1 amide bonds. The van der Waals surface area contributed by atoms with Gasteiger partial charge in [-0.25, -0.2) is 14.4 Å². The minimum absolute atomic E-state index is 0.0785. The zero-order valence-electron chi connectivity index (χ0n) is 20.9. The second-order valence-corrected chi connectivity index (χ2v) is 10.5. The number of fused-ring (bicyclic) bond motifs is 1. The van der Waals surface area contributed by atoms with Crippen molar-refractivity contribution in [1.82, 2.24) is 24.6 Å². The number of carbonyl (C=O) groups excluding carboxylic acids is 1. The third-order valence-corrected chi connectivity index (χ3v) is 7.94. The minimum Gasteiger partial charge on any atom is -0.481 e. The van der Waals surface area contributed by atoms with Crippen LogP contribution in [0.1, 0.15) is 61.3 Å². The van der Waals surface area contributed by atoms with Gasteiger partial charge in [0, 0.05) is 55.0 Å². The first-order valence-electron chi connectivity index (χ1n) is 12.6. The Morgan fingerprint density at radius 3 is 2.83 bits per heavy atom. The highest BCUT2D eigenvalue weighted by Gasteiger charge is 2.44. The molecule has 3 aliphatic rings. The average Bonchev–Trinajstić information content (AvgIpc) is 3.52. The molecule has 2 aliphatic heterocycles. The number of halogens is 1. The van der Waals surface area contributed by atoms with Crippen LogP contribution in [-0.4, -0.2) is 56.3 Å². The smallest absolute Gasteiger partial charge is 0.230 e. The van der Waals surface area contributed by atoms with E-state index in [1.54, 1.807) is 6.92 Å². The van der Waals surface area contributed by atoms with Gasteiger partial charge >= 0.3 is 0 Å². The Bertz CT molecular complexity index is 1340. The maximum atomic E-state index is 14.5. The Morgan fingerprint density at radius 1 is 1.28 bits per heavy atom. The molecule has 1 spiro atoms. The first-order chi connectivity index (χ1) is 17.4. The van der Waals surface area contributed by atoms with Crippen molar-refractivity contribution in [2.24, 2.45) is 7.05 Å². The zero-order chi connectivity index (χ0) is 25.0. The molecule has 1 saturated heterocycles. The lowest BCUT2D eigenvalue weighted by molar-refractivity contribution is -0.131. The number of anilines is 1. The van der Waals surface area contributed by atoms with Crippen LogP contribution in [0.15, 0.2) is 30.7 Å². The Morgan fingerprint density at radius 2 is 2.11 bits per heavy atom. The van der Waals surface area contributed by atoms with Gasteiger partial charge in [-0.1, -0.05) is 0 Å². The number of amides is 1. The molecular formula is C27H31FN6O2. The minimum atomic E-state index is -0.616. The van der Waals surface area contributed by atoms with Crippen molar-refractivity contribution in [2.45, 2.75) is 56.4 Å². The van der Waals surface area contributed by atoms with Crippen molar-refractivity contribution >= 4 is 11.7 Å². The molecule has 0 aromatic carbocycles. The van der Waals surface area contributed by atoms with Crippen LogP contribution in [0.3, 0.4) is 0 Å². The van der Waals surface area contributed by atoms with Gasteiger partial charge < -0.3 is 15.0 Å². The van der Waals surface area contributed by atoms with Gasteiger partial charge in [0.05, 0.1) is 36.7 Å². The lowest BCUT2D eigenvalue weighted by Crippen LogP contribution is -2.46. The standard InChI is InChI=1S/C27H31FN6O2/c1-16(20-11-23(36-3)29-13-22(20)28)26(35)34-9-8-27(15-34)7-6-18-10-21(19-12-30-33(2)14-19)24(17-4-5-17)31-25(18)32-27/h10-14,16-17H,4-9,15H2,1-3H3,(H,31,32)/t16-,27?/m1/s1. The summed E-state index contributed by atoms with van der Waals surface area (Å²) in [6, 6.07) is 3.80. The van der Waals surface area contributed by atoms with E-state index in [4.69, 9.17) is 9.72 Å². The van der Waals surface area contributed by atoms with Crippen LogP contribution in [0.2, 0.25) is 0 Å². The van der Waals surface area contributed by atoms with Gasteiger partial charge in [0.1, 0.15) is 11.6 Å². The number of nitrogens with zero attached hydrogens (tertiary/aromatic N) is 5. The van der Waals surface area contributed by atoms with E-state index in [0.29, 0.717) is 30.5 Å². The monoisotopic (exact) mass is 490 g/mol. The molecule has 2 atom stereocenters. The number of nitrogens with one attached hydrogen (secondary N) is 1. The predicted octanol–water partition coefficient (Wildman–Crippen LogP) is 4.04. The lowest BCUT2D eigenvalue weighted by atomic mass is 9.85. The Kier molecular flexibility index (Phi) is 5.46. The molecule has 1 N–H and O–H groups in total. The Hall–Kier alpha value is -3.49. The maximum absolute atomic E-state index is 14.5. The van der Waals surface area contributed by atoms with Gasteiger partial charge in [0.15, 0.2) is 0 Å². The Labute approximate surface area is 209 Å². The van der Waals surface area contributed by atoms with E-state index in [1.165, 1.54) is 37.1 Å². The van der Waals surface area contributed by atoms with E-state index >= 15 is 0 Å². The fourth-order valence-corrected chi connectivity index (χ4v) is 5.67. The molecule has 3 aromatic rings. The number of carbonyl (C=O) groups is 1. The summed E-state index contributed by atoms with van der Waals surface area (Å²) >= 11 is 0. The van der Waals surface area contributed by atoms with Crippen LogP contribution >= 0.6 is 0 Å². The average molecular weight is 491 g/mol. The predicted molar refractivity (Wildman–Crippen MR) is 133 cm³/mol. The van der Waals surface area contributed by atoms with Crippen LogP contribution in [-0.2, 0) is 18.3 Å². The fourth-order valence-electron chi connectivity index (χ4n) is 5.67. The number of methoxy groups -OCH3 is 1. The molecule has 188 valence electrons. The molecule has 3 aromatic heterocycles. The lowest BCUT2D eigenvalue weighted by Gasteiger charge is -2.37. The van der Waals surface area contributed by atoms with Gasteiger partial charge in [-0.3, -0.25) is 9.48 Å². The largest absolute Gasteiger partial charge is 0.481 e. The summed E-state index contributed by atoms with van der Waals surface area (Å²) in [7, 11) is 3.42. The van der Waals surface area contributed by atoms with E-state index in [0.717, 1.165) is 42.5 Å². The van der Waals surface area contributed by atoms with E-state index in [1.807, 2.05) is 22.8 Å². The maximum Gasteiger partial charge on any atom is 0.230 e. The number of hydrogen-bond acceptors (Lipinski definition) is 6. The zero-order valence-corrected chi connectivity index (χ0v) is 20.9. The number of ether oxygens (including phenoxy) is 1. The number of aryl methyl sites for hydroxylation is 2. The quantitative estimate of drug-likeness (QED) is 0.581. The number of pyridine rings is 2. The van der Waals surface area contributed by atoms with Gasteiger partial charge in [-0.15, -0.1) is 0 Å². The molecule has 36 heavy (non-hydrogen) atoms. The van der Waals surface area contributed by atoms with Gasteiger partial charge in [-0.05, 0) is 50.7 Å². The highest BCUT2D eigenvalue weighted by atomic mass is 19.1. The molecule has 1 unspecified atom stereocenters. The number of hydrogen-bond donors (Lipinski definition) is 1. The van der Waals surface area contributed by atoms with Crippen molar-refractivity contribution in [3.05, 3.63) is 53.4 Å². The molecule has 6 rings (SSSR count). The second kappa shape index (κ2) is 8.57. The van der Waals surface area contributed by atoms with Crippen LogP contribution in [0, 0.1) is 5.82 Å². The third kappa shape index (κ3) is 4.00. The molecule has 2 fully saturated rings. The van der Waals surface area contributed by atoms with Gasteiger partial charge in [-0.2, -0.15) is 5.10 Å². The van der Waals surface area contributed by atoms with Crippen molar-refractivity contribution in [1.29, 1.82) is 0 Å². The molecule has 1 aliphatic carbocycles. The van der Waals surface area contributed by atoms with Crippen molar-refractivity contribution in [3.63, 3.8) is 0 Å². The molecule has 1 saturated carbocycles. The Balaban J connectivity index is 1.23. The fraction of sp³-hybridized carbons (Fsp3) is 0.481. The summed E-state index contributed by atoms with van der Waals surface area (Å²) < 4.78 is 21.4. The number of rotatable bonds is 5. The summed E-state index contributed by atoms with van der Waals surface area (Å²) in [5, 5.41) is 8.10. The molecule has 5 heterocycles. The van der Waals surface area contributed by atoms with E-state index < -0.39 is 11.7 Å². The van der Waals surface area contributed by atoms with Crippen molar-refractivity contribution in [2.75, 3.05) is 25.5 Å². The second-order valence-electron chi connectivity index (χ2n) is 10.5. The topological polar surface area (TPSA) is 85.2 Å². The van der Waals surface area contributed by atoms with Crippen molar-refractivity contribution < 1.29 is 13.9 Å². The van der Waals surface area contributed by atoms with Gasteiger partial charge in [0.2, 0.25) is 11.8 Å². The summed E-state index contributed by atoms with van der Waals surface area (Å²) in [5.74, 6) is 0.567. The van der Waals surface area contributed by atoms with E-state index in [2.05, 4.69) is 27.7 Å². The normalized spacial score (nSPS) is 21.8. The van der Waals surface area contributed by atoms with Crippen LogP contribution < -0.4 is 10.1 Å². The first kappa shape index (κ1) is 22.9. The third-order valence-electron chi connectivity index (χ3n) is 7.94. The van der Waals surface area contributed by atoms with E-state index in [9.17, 15) is 9.18 Å². The molecule has 0 radical (unpaired) electrons. The summed E-state index contributed by atoms with van der Waals surface area (Å²) in [6.45, 7) is 2.97. The summed E-state index contributed by atoms with van der Waals surface area (Å²) in [6.07, 6.45) is 10.1. The van der Waals surface area contributed by atoms with Crippen molar-refractivity contribution in [3.8, 4) is 17.0 Å². The highest BCUT2D eigenvalue weighted by Crippen LogP contribution is 2.46. The van der Waals surface area contributed by atoms with Crippen LogP contribution in [0.5, 0.6) is 5.88 Å². The number of likely N-dealkylation sites (tertiary alicyclic amines) is 1. The molecule has 9 heteroatoms. The number of aromatic nitrogens is 4. The van der Waals surface area contributed by atoms with Crippen LogP contribution in [0.4, 0.5) is 10.2 Å². The highest BCUT2D eigenvalue weighted by molar-refractivity contribution is 5.84. The van der Waals surface area contributed by atoms with E-state index in [-0.39, 0.29) is 11.4 Å². The molecular weight excluding hydrogens is 459 g/mol. The van der Waals surface area contributed by atoms with Gasteiger partial charge in [0.25, 0.3) is 0 Å².